The van der Waals surface area contributed by atoms with Gasteiger partial charge in [-0.05, 0) is 42.3 Å². The van der Waals surface area contributed by atoms with Crippen molar-refractivity contribution in [1.29, 1.82) is 0 Å². The fourth-order valence-corrected chi connectivity index (χ4v) is 2.59. The van der Waals surface area contributed by atoms with Crippen LogP contribution in [0.3, 0.4) is 0 Å². The van der Waals surface area contributed by atoms with Gasteiger partial charge < -0.3 is 20.5 Å². The molecular weight excluding hydrogens is 292 g/mol. The van der Waals surface area contributed by atoms with E-state index in [4.69, 9.17) is 15.2 Å². The maximum Gasteiger partial charge on any atom is 0.224 e. The van der Waals surface area contributed by atoms with Crippen LogP contribution >= 0.6 is 0 Å². The number of fused-ring (bicyclic) bond motifs is 1. The molecule has 1 aliphatic heterocycles. The number of nitrogen functional groups attached to an aromatic ring is 1. The number of carbonyl (C=O) groups is 1. The molecule has 1 heterocycles. The minimum Gasteiger partial charge on any atom is -0.486 e. The zero-order valence-corrected chi connectivity index (χ0v) is 13.0. The summed E-state index contributed by atoms with van der Waals surface area (Å²) in [5, 5.41) is 2.99. The lowest BCUT2D eigenvalue weighted by Crippen LogP contribution is -2.28. The lowest BCUT2D eigenvalue weighted by atomic mass is 10.1. The molecule has 0 saturated carbocycles. The Morgan fingerprint density at radius 1 is 1.17 bits per heavy atom. The van der Waals surface area contributed by atoms with Crippen molar-refractivity contribution in [2.75, 3.05) is 18.9 Å². The first-order chi connectivity index (χ1) is 11.1. The monoisotopic (exact) mass is 312 g/mol. The largest absolute Gasteiger partial charge is 0.486 e. The number of hydrogen-bond donors (Lipinski definition) is 2. The number of benzene rings is 2. The Balaban J connectivity index is 1.64. The first-order valence-corrected chi connectivity index (χ1v) is 7.65. The average molecular weight is 312 g/mol. The number of amides is 1. The van der Waals surface area contributed by atoms with Crippen molar-refractivity contribution < 1.29 is 14.3 Å². The van der Waals surface area contributed by atoms with Crippen molar-refractivity contribution >= 4 is 11.6 Å². The van der Waals surface area contributed by atoms with Crippen molar-refractivity contribution in [2.24, 2.45) is 0 Å². The molecule has 0 radical (unpaired) electrons. The number of rotatable bonds is 4. The summed E-state index contributed by atoms with van der Waals surface area (Å²) in [5.74, 6) is 1.43. The van der Waals surface area contributed by atoms with Crippen molar-refractivity contribution in [3.8, 4) is 11.5 Å². The van der Waals surface area contributed by atoms with Crippen LogP contribution in [0.15, 0.2) is 42.5 Å². The maximum absolute atomic E-state index is 12.2. The summed E-state index contributed by atoms with van der Waals surface area (Å²) in [6, 6.07) is 13.0. The van der Waals surface area contributed by atoms with Gasteiger partial charge in [0, 0.05) is 5.69 Å². The SMILES string of the molecule is CC(NC(=O)Cc1cccc(N)c1)c1ccc2c(c1)OCCO2. The Morgan fingerprint density at radius 3 is 2.74 bits per heavy atom. The van der Waals surface area contributed by atoms with E-state index in [0.717, 1.165) is 22.6 Å². The van der Waals surface area contributed by atoms with Crippen molar-refractivity contribution in [3.05, 3.63) is 53.6 Å². The molecule has 3 N–H and O–H groups in total. The Morgan fingerprint density at radius 2 is 1.96 bits per heavy atom. The van der Waals surface area contributed by atoms with E-state index in [0.29, 0.717) is 25.3 Å². The van der Waals surface area contributed by atoms with Crippen LogP contribution in [0, 0.1) is 0 Å². The van der Waals surface area contributed by atoms with Gasteiger partial charge in [0.05, 0.1) is 12.5 Å². The highest BCUT2D eigenvalue weighted by atomic mass is 16.6. The lowest BCUT2D eigenvalue weighted by Gasteiger charge is -2.21. The first kappa shape index (κ1) is 15.2. The predicted octanol–water partition coefficient (Wildman–Crippen LogP) is 2.46. The van der Waals surface area contributed by atoms with Gasteiger partial charge in [-0.2, -0.15) is 0 Å². The van der Waals surface area contributed by atoms with E-state index in [2.05, 4.69) is 5.32 Å². The molecule has 2 aromatic rings. The zero-order chi connectivity index (χ0) is 16.2. The van der Waals surface area contributed by atoms with Crippen LogP contribution in [0.1, 0.15) is 24.1 Å². The maximum atomic E-state index is 12.2. The molecule has 0 saturated heterocycles. The van der Waals surface area contributed by atoms with Crippen LogP contribution in [0.2, 0.25) is 0 Å². The molecule has 5 nitrogen and oxygen atoms in total. The highest BCUT2D eigenvalue weighted by molar-refractivity contribution is 5.79. The van der Waals surface area contributed by atoms with Gasteiger partial charge in [-0.15, -0.1) is 0 Å². The summed E-state index contributed by atoms with van der Waals surface area (Å²) in [5.41, 5.74) is 8.28. The van der Waals surface area contributed by atoms with Crippen molar-refractivity contribution in [3.63, 3.8) is 0 Å². The number of ether oxygens (including phenoxy) is 2. The normalized spacial score (nSPS) is 14.1. The fraction of sp³-hybridized carbons (Fsp3) is 0.278. The van der Waals surface area contributed by atoms with E-state index in [1.54, 1.807) is 6.07 Å². The molecule has 120 valence electrons. The van der Waals surface area contributed by atoms with Crippen LogP contribution in [0.25, 0.3) is 0 Å². The van der Waals surface area contributed by atoms with Crippen LogP contribution < -0.4 is 20.5 Å². The molecular formula is C18H20N2O3. The van der Waals surface area contributed by atoms with Crippen molar-refractivity contribution in [2.45, 2.75) is 19.4 Å². The molecule has 0 spiro atoms. The molecule has 5 heteroatoms. The molecule has 1 atom stereocenters. The second-order valence-corrected chi connectivity index (χ2v) is 5.61. The summed E-state index contributed by atoms with van der Waals surface area (Å²) in [6.45, 7) is 3.06. The van der Waals surface area contributed by atoms with Gasteiger partial charge in [-0.3, -0.25) is 4.79 Å². The summed E-state index contributed by atoms with van der Waals surface area (Å²) in [7, 11) is 0. The molecule has 0 fully saturated rings. The number of carbonyl (C=O) groups excluding carboxylic acids is 1. The Hall–Kier alpha value is -2.69. The quantitative estimate of drug-likeness (QED) is 0.851. The number of nitrogens with two attached hydrogens (primary N) is 1. The molecule has 1 aliphatic rings. The molecule has 1 amide bonds. The third-order valence-electron chi connectivity index (χ3n) is 3.76. The van der Waals surface area contributed by atoms with Gasteiger partial charge in [0.1, 0.15) is 13.2 Å². The van der Waals surface area contributed by atoms with Crippen LogP contribution in [0.4, 0.5) is 5.69 Å². The third kappa shape index (κ3) is 3.74. The summed E-state index contributed by atoms with van der Waals surface area (Å²) in [6.07, 6.45) is 0.305. The highest BCUT2D eigenvalue weighted by Gasteiger charge is 2.16. The second-order valence-electron chi connectivity index (χ2n) is 5.61. The van der Waals surface area contributed by atoms with Crippen LogP contribution in [-0.2, 0) is 11.2 Å². The van der Waals surface area contributed by atoms with Gasteiger partial charge >= 0.3 is 0 Å². The molecule has 0 bridgehead atoms. The summed E-state index contributed by atoms with van der Waals surface area (Å²) in [4.78, 5) is 12.2. The van der Waals surface area contributed by atoms with Gasteiger partial charge in [-0.1, -0.05) is 18.2 Å². The van der Waals surface area contributed by atoms with E-state index in [-0.39, 0.29) is 11.9 Å². The minimum atomic E-state index is -0.112. The van der Waals surface area contributed by atoms with Gasteiger partial charge in [-0.25, -0.2) is 0 Å². The number of anilines is 1. The topological polar surface area (TPSA) is 73.6 Å². The van der Waals surface area contributed by atoms with E-state index >= 15 is 0 Å². The lowest BCUT2D eigenvalue weighted by molar-refractivity contribution is -0.121. The fourth-order valence-electron chi connectivity index (χ4n) is 2.59. The van der Waals surface area contributed by atoms with Crippen LogP contribution in [-0.4, -0.2) is 19.1 Å². The summed E-state index contributed by atoms with van der Waals surface area (Å²) >= 11 is 0. The van der Waals surface area contributed by atoms with Crippen LogP contribution in [0.5, 0.6) is 11.5 Å². The Bertz CT molecular complexity index is 715. The van der Waals surface area contributed by atoms with Gasteiger partial charge in [0.25, 0.3) is 0 Å². The van der Waals surface area contributed by atoms with Crippen molar-refractivity contribution in [1.82, 2.24) is 5.32 Å². The third-order valence-corrected chi connectivity index (χ3v) is 3.76. The highest BCUT2D eigenvalue weighted by Crippen LogP contribution is 2.32. The molecule has 0 aliphatic carbocycles. The second kappa shape index (κ2) is 6.60. The molecule has 3 rings (SSSR count). The van der Waals surface area contributed by atoms with E-state index in [1.165, 1.54) is 0 Å². The number of nitrogens with one attached hydrogen (secondary N) is 1. The minimum absolute atomic E-state index is 0.0435. The average Bonchev–Trinajstić information content (AvgIpc) is 2.54. The molecule has 2 aromatic carbocycles. The van der Waals surface area contributed by atoms with E-state index in [9.17, 15) is 4.79 Å². The van der Waals surface area contributed by atoms with E-state index < -0.39 is 0 Å². The predicted molar refractivity (Wildman–Crippen MR) is 88.5 cm³/mol. The molecule has 23 heavy (non-hydrogen) atoms. The Kier molecular flexibility index (Phi) is 4.37. The van der Waals surface area contributed by atoms with Gasteiger partial charge in [0.15, 0.2) is 11.5 Å². The van der Waals surface area contributed by atoms with Gasteiger partial charge in [0.2, 0.25) is 5.91 Å². The molecule has 0 aromatic heterocycles. The number of hydrogen-bond acceptors (Lipinski definition) is 4. The first-order valence-electron chi connectivity index (χ1n) is 7.65. The van der Waals surface area contributed by atoms with E-state index in [1.807, 2.05) is 43.3 Å². The smallest absolute Gasteiger partial charge is 0.224 e. The Labute approximate surface area is 135 Å². The zero-order valence-electron chi connectivity index (χ0n) is 13.0. The summed E-state index contributed by atoms with van der Waals surface area (Å²) < 4.78 is 11.1. The molecule has 1 unspecified atom stereocenters. The standard InChI is InChI=1S/C18H20N2O3/c1-12(14-5-6-16-17(11-14)23-8-7-22-16)20-18(21)10-13-3-2-4-15(19)9-13/h2-6,9,11-12H,7-8,10,19H2,1H3,(H,20,21).